The molecule has 24 heavy (non-hydrogen) atoms. The summed E-state index contributed by atoms with van der Waals surface area (Å²) < 4.78 is 40.0. The van der Waals surface area contributed by atoms with Gasteiger partial charge in [-0.05, 0) is 35.4 Å². The van der Waals surface area contributed by atoms with E-state index in [-0.39, 0.29) is 23.7 Å². The summed E-state index contributed by atoms with van der Waals surface area (Å²) in [6, 6.07) is 7.99. The highest BCUT2D eigenvalue weighted by atomic mass is 35.5. The van der Waals surface area contributed by atoms with E-state index in [0.717, 1.165) is 12.1 Å². The van der Waals surface area contributed by atoms with E-state index in [1.165, 1.54) is 30.3 Å². The van der Waals surface area contributed by atoms with E-state index < -0.39 is 24.1 Å². The van der Waals surface area contributed by atoms with Crippen molar-refractivity contribution in [2.24, 2.45) is 5.73 Å². The quantitative estimate of drug-likeness (QED) is 0.773. The minimum atomic E-state index is -4.78. The molecule has 0 radical (unpaired) electrons. The first-order valence-corrected chi connectivity index (χ1v) is 6.35. The van der Waals surface area contributed by atoms with Crippen LogP contribution in [-0.2, 0) is 0 Å². The van der Waals surface area contributed by atoms with E-state index in [1.807, 2.05) is 0 Å². The summed E-state index contributed by atoms with van der Waals surface area (Å²) in [6.07, 6.45) is -4.78. The Morgan fingerprint density at radius 3 is 2.12 bits per heavy atom. The molecule has 5 nitrogen and oxygen atoms in total. The number of carboxylic acids is 1. The summed E-state index contributed by atoms with van der Waals surface area (Å²) in [6.45, 7) is 0. The number of rotatable bonds is 4. The normalized spacial score (nSPS) is 12.2. The second kappa shape index (κ2) is 7.41. The zero-order valence-corrected chi connectivity index (χ0v) is 12.8. The van der Waals surface area contributed by atoms with E-state index in [2.05, 4.69) is 4.74 Å². The fourth-order valence-corrected chi connectivity index (χ4v) is 1.99. The third-order valence-corrected chi connectivity index (χ3v) is 3.08. The minimum absolute atomic E-state index is 0. The third-order valence-electron chi connectivity index (χ3n) is 3.08. The van der Waals surface area contributed by atoms with Gasteiger partial charge >= 0.3 is 12.3 Å². The van der Waals surface area contributed by atoms with Gasteiger partial charge in [-0.25, -0.2) is 4.79 Å². The molecule has 0 saturated carbocycles. The molecule has 0 saturated heterocycles. The Morgan fingerprint density at radius 1 is 1.08 bits per heavy atom. The second-order valence-corrected chi connectivity index (χ2v) is 4.68. The van der Waals surface area contributed by atoms with Crippen LogP contribution in [0.1, 0.15) is 27.5 Å². The van der Waals surface area contributed by atoms with Crippen LogP contribution >= 0.6 is 12.4 Å². The zero-order chi connectivity index (χ0) is 17.2. The lowest BCUT2D eigenvalue weighted by Crippen LogP contribution is -2.17. The number of phenols is 1. The number of carboxylic acid groups (broad SMARTS) is 1. The number of nitrogens with two attached hydrogens (primary N) is 1. The van der Waals surface area contributed by atoms with E-state index >= 15 is 0 Å². The maximum atomic E-state index is 12.1. The molecule has 2 rings (SSSR count). The van der Waals surface area contributed by atoms with Crippen molar-refractivity contribution in [2.75, 3.05) is 0 Å². The van der Waals surface area contributed by atoms with Crippen molar-refractivity contribution in [3.8, 4) is 11.5 Å². The first-order chi connectivity index (χ1) is 10.7. The Kier molecular flexibility index (Phi) is 6.05. The highest BCUT2D eigenvalue weighted by molar-refractivity contribution is 5.91. The molecule has 9 heteroatoms. The third kappa shape index (κ3) is 4.77. The molecule has 0 heterocycles. The van der Waals surface area contributed by atoms with E-state index in [0.29, 0.717) is 11.1 Å². The number of benzene rings is 2. The van der Waals surface area contributed by atoms with Crippen LogP contribution in [0.3, 0.4) is 0 Å². The van der Waals surface area contributed by atoms with Crippen molar-refractivity contribution < 1.29 is 32.9 Å². The summed E-state index contributed by atoms with van der Waals surface area (Å²) in [7, 11) is 0. The molecule has 0 fully saturated rings. The summed E-state index contributed by atoms with van der Waals surface area (Å²) in [5.41, 5.74) is 6.52. The Balaban J connectivity index is 0.00000288. The van der Waals surface area contributed by atoms with Gasteiger partial charge in [-0.3, -0.25) is 0 Å². The number of aromatic hydroxyl groups is 1. The molecule has 0 aromatic heterocycles. The summed E-state index contributed by atoms with van der Waals surface area (Å²) in [4.78, 5) is 11.0. The molecule has 0 aliphatic carbocycles. The first kappa shape index (κ1) is 19.6. The number of ether oxygens (including phenoxy) is 1. The molecular formula is C15H13ClF3NO4. The lowest BCUT2D eigenvalue weighted by molar-refractivity contribution is -0.274. The summed E-state index contributed by atoms with van der Waals surface area (Å²) >= 11 is 0. The Morgan fingerprint density at radius 2 is 1.62 bits per heavy atom. The van der Waals surface area contributed by atoms with Gasteiger partial charge in [0.2, 0.25) is 0 Å². The van der Waals surface area contributed by atoms with Crippen molar-refractivity contribution in [1.29, 1.82) is 0 Å². The predicted molar refractivity (Wildman–Crippen MR) is 81.5 cm³/mol. The van der Waals surface area contributed by atoms with Gasteiger partial charge in [0.25, 0.3) is 0 Å². The van der Waals surface area contributed by atoms with Crippen LogP contribution < -0.4 is 10.5 Å². The van der Waals surface area contributed by atoms with Crippen LogP contribution in [0.15, 0.2) is 42.5 Å². The van der Waals surface area contributed by atoms with E-state index in [1.54, 1.807) is 0 Å². The second-order valence-electron chi connectivity index (χ2n) is 4.68. The van der Waals surface area contributed by atoms with Crippen LogP contribution in [0.2, 0.25) is 0 Å². The van der Waals surface area contributed by atoms with Gasteiger partial charge in [0.15, 0.2) is 0 Å². The standard InChI is InChI=1S/C15H12F3NO4.ClH/c16-15(17,18)23-10-4-1-8(2-5-10)13(19)9-3-6-12(20)11(7-9)14(21)22;/h1-7,13,20H,19H2,(H,21,22);1H/t13-;/m0./s1. The van der Waals surface area contributed by atoms with Gasteiger partial charge < -0.3 is 20.7 Å². The van der Waals surface area contributed by atoms with Crippen molar-refractivity contribution in [1.82, 2.24) is 0 Å². The van der Waals surface area contributed by atoms with Gasteiger partial charge in [-0.1, -0.05) is 18.2 Å². The average Bonchev–Trinajstić information content (AvgIpc) is 2.46. The van der Waals surface area contributed by atoms with Crippen LogP contribution in [0.4, 0.5) is 13.2 Å². The highest BCUT2D eigenvalue weighted by Crippen LogP contribution is 2.28. The number of hydrogen-bond donors (Lipinski definition) is 3. The molecule has 0 bridgehead atoms. The summed E-state index contributed by atoms with van der Waals surface area (Å²) in [5, 5.41) is 18.4. The molecule has 4 N–H and O–H groups in total. The summed E-state index contributed by atoms with van der Waals surface area (Å²) in [5.74, 6) is -2.10. The maximum Gasteiger partial charge on any atom is 0.573 e. The topological polar surface area (TPSA) is 92.8 Å². The zero-order valence-electron chi connectivity index (χ0n) is 11.9. The Labute approximate surface area is 140 Å². The number of aromatic carboxylic acids is 1. The number of halogens is 4. The molecule has 0 aliphatic rings. The highest BCUT2D eigenvalue weighted by Gasteiger charge is 2.31. The van der Waals surface area contributed by atoms with Crippen LogP contribution in [0.25, 0.3) is 0 Å². The van der Waals surface area contributed by atoms with Gasteiger partial charge in [0.05, 0.1) is 6.04 Å². The van der Waals surface area contributed by atoms with Crippen LogP contribution in [0.5, 0.6) is 11.5 Å². The number of hydrogen-bond acceptors (Lipinski definition) is 4. The van der Waals surface area contributed by atoms with Crippen molar-refractivity contribution in [3.63, 3.8) is 0 Å². The average molecular weight is 364 g/mol. The molecule has 0 unspecified atom stereocenters. The first-order valence-electron chi connectivity index (χ1n) is 6.35. The molecule has 1 atom stereocenters. The van der Waals surface area contributed by atoms with Crippen molar-refractivity contribution in [2.45, 2.75) is 12.4 Å². The minimum Gasteiger partial charge on any atom is -0.507 e. The van der Waals surface area contributed by atoms with E-state index in [9.17, 15) is 23.1 Å². The Hall–Kier alpha value is -2.45. The van der Waals surface area contributed by atoms with Gasteiger partial charge in [0, 0.05) is 0 Å². The monoisotopic (exact) mass is 363 g/mol. The maximum absolute atomic E-state index is 12.1. The van der Waals surface area contributed by atoms with Gasteiger partial charge in [0.1, 0.15) is 17.1 Å². The van der Waals surface area contributed by atoms with Crippen LogP contribution in [0, 0.1) is 0 Å². The largest absolute Gasteiger partial charge is 0.573 e. The van der Waals surface area contributed by atoms with E-state index in [4.69, 9.17) is 10.8 Å². The molecule has 2 aromatic carbocycles. The van der Waals surface area contributed by atoms with Gasteiger partial charge in [-0.15, -0.1) is 25.6 Å². The molecule has 2 aromatic rings. The molecule has 0 aliphatic heterocycles. The fourth-order valence-electron chi connectivity index (χ4n) is 1.99. The lowest BCUT2D eigenvalue weighted by atomic mass is 9.97. The number of carbonyl (C=O) groups is 1. The molecule has 0 amide bonds. The SMILES string of the molecule is Cl.N[C@@H](c1ccc(OC(F)(F)F)cc1)c1ccc(O)c(C(=O)O)c1. The van der Waals surface area contributed by atoms with Gasteiger partial charge in [-0.2, -0.15) is 0 Å². The Bertz CT molecular complexity index is 720. The predicted octanol–water partition coefficient (Wildman–Crippen LogP) is 3.46. The molecule has 130 valence electrons. The molecular weight excluding hydrogens is 351 g/mol. The van der Waals surface area contributed by atoms with Crippen molar-refractivity contribution in [3.05, 3.63) is 59.2 Å². The molecule has 0 spiro atoms. The van der Waals surface area contributed by atoms with Crippen molar-refractivity contribution >= 4 is 18.4 Å². The lowest BCUT2D eigenvalue weighted by Gasteiger charge is -2.15. The van der Waals surface area contributed by atoms with Crippen LogP contribution in [-0.4, -0.2) is 22.5 Å². The fraction of sp³-hybridized carbons (Fsp3) is 0.133. The smallest absolute Gasteiger partial charge is 0.507 e. The number of alkyl halides is 3.